The second-order valence-electron chi connectivity index (χ2n) is 5.43. The number of amides is 1. The highest BCUT2D eigenvalue weighted by Gasteiger charge is 2.31. The first kappa shape index (κ1) is 17.4. The number of alkyl halides is 3. The van der Waals surface area contributed by atoms with Gasteiger partial charge in [0.1, 0.15) is 0 Å². The summed E-state index contributed by atoms with van der Waals surface area (Å²) in [6.07, 6.45) is 13.4. The highest BCUT2D eigenvalue weighted by atomic mass is 35.6. The molecule has 1 aliphatic carbocycles. The molecule has 1 amide bonds. The third-order valence-electron chi connectivity index (χ3n) is 3.70. The molecule has 1 rings (SSSR count). The SMILES string of the molecule is O=C(NC1CCCCCCCCCCC1)C(Cl)(Cl)Cl. The number of hydrogen-bond donors (Lipinski definition) is 1. The van der Waals surface area contributed by atoms with Gasteiger partial charge in [0.15, 0.2) is 0 Å². The Bertz CT molecular complexity index is 254. The molecule has 1 fully saturated rings. The van der Waals surface area contributed by atoms with E-state index in [1.54, 1.807) is 0 Å². The van der Waals surface area contributed by atoms with Crippen molar-refractivity contribution in [1.82, 2.24) is 5.32 Å². The van der Waals surface area contributed by atoms with Gasteiger partial charge in [0, 0.05) is 6.04 Å². The molecule has 0 radical (unpaired) electrons. The molecule has 1 aliphatic rings. The fraction of sp³-hybridized carbons (Fsp3) is 0.929. The Morgan fingerprint density at radius 2 is 1.16 bits per heavy atom. The summed E-state index contributed by atoms with van der Waals surface area (Å²) in [5.41, 5.74) is 0. The monoisotopic (exact) mass is 327 g/mol. The third kappa shape index (κ3) is 8.27. The van der Waals surface area contributed by atoms with E-state index in [4.69, 9.17) is 34.8 Å². The Kier molecular flexibility index (Phi) is 8.52. The van der Waals surface area contributed by atoms with E-state index in [2.05, 4.69) is 5.32 Å². The van der Waals surface area contributed by atoms with Gasteiger partial charge in [-0.2, -0.15) is 0 Å². The van der Waals surface area contributed by atoms with Crippen molar-refractivity contribution in [2.75, 3.05) is 0 Å². The molecule has 1 saturated carbocycles. The summed E-state index contributed by atoms with van der Waals surface area (Å²) in [6.45, 7) is 0. The summed E-state index contributed by atoms with van der Waals surface area (Å²) in [5, 5.41) is 2.88. The molecule has 19 heavy (non-hydrogen) atoms. The van der Waals surface area contributed by atoms with Gasteiger partial charge in [-0.25, -0.2) is 0 Å². The smallest absolute Gasteiger partial charge is 0.272 e. The largest absolute Gasteiger partial charge is 0.350 e. The Hall–Kier alpha value is 0.340. The quantitative estimate of drug-likeness (QED) is 0.663. The number of carbonyl (C=O) groups excluding carboxylic acids is 1. The van der Waals surface area contributed by atoms with E-state index in [-0.39, 0.29) is 6.04 Å². The summed E-state index contributed by atoms with van der Waals surface area (Å²) in [4.78, 5) is 11.7. The van der Waals surface area contributed by atoms with Crippen LogP contribution in [0.25, 0.3) is 0 Å². The van der Waals surface area contributed by atoms with E-state index in [0.29, 0.717) is 0 Å². The zero-order valence-corrected chi connectivity index (χ0v) is 13.7. The second kappa shape index (κ2) is 9.31. The summed E-state index contributed by atoms with van der Waals surface area (Å²) >= 11 is 16.8. The van der Waals surface area contributed by atoms with Crippen LogP contribution in [0.5, 0.6) is 0 Å². The van der Waals surface area contributed by atoms with Crippen LogP contribution in [0.3, 0.4) is 0 Å². The molecular weight excluding hydrogens is 305 g/mol. The van der Waals surface area contributed by atoms with Crippen molar-refractivity contribution in [1.29, 1.82) is 0 Å². The molecule has 5 heteroatoms. The maximum atomic E-state index is 11.7. The van der Waals surface area contributed by atoms with E-state index in [1.807, 2.05) is 0 Å². The normalized spacial score (nSPS) is 21.2. The Labute approximate surface area is 131 Å². The average molecular weight is 329 g/mol. The highest BCUT2D eigenvalue weighted by Crippen LogP contribution is 2.27. The molecular formula is C14H24Cl3NO. The van der Waals surface area contributed by atoms with Crippen LogP contribution in [0.1, 0.15) is 70.6 Å². The predicted octanol–water partition coefficient (Wildman–Crippen LogP) is 5.15. The molecule has 0 spiro atoms. The lowest BCUT2D eigenvalue weighted by atomic mass is 9.98. The minimum Gasteiger partial charge on any atom is -0.350 e. The lowest BCUT2D eigenvalue weighted by Gasteiger charge is -2.21. The number of hydrogen-bond acceptors (Lipinski definition) is 1. The molecule has 0 saturated heterocycles. The average Bonchev–Trinajstić information content (AvgIpc) is 2.31. The Morgan fingerprint density at radius 3 is 1.53 bits per heavy atom. The van der Waals surface area contributed by atoms with Crippen molar-refractivity contribution in [3.05, 3.63) is 0 Å². The zero-order chi connectivity index (χ0) is 14.1. The van der Waals surface area contributed by atoms with Crippen LogP contribution in [-0.4, -0.2) is 15.7 Å². The zero-order valence-electron chi connectivity index (χ0n) is 11.4. The Morgan fingerprint density at radius 1 is 0.789 bits per heavy atom. The Balaban J connectivity index is 2.40. The van der Waals surface area contributed by atoms with E-state index < -0.39 is 9.70 Å². The molecule has 0 aromatic heterocycles. The van der Waals surface area contributed by atoms with Gasteiger partial charge in [0.05, 0.1) is 0 Å². The minimum atomic E-state index is -1.84. The molecule has 112 valence electrons. The summed E-state index contributed by atoms with van der Waals surface area (Å²) in [6, 6.07) is 0.155. The van der Waals surface area contributed by atoms with Gasteiger partial charge in [0.2, 0.25) is 0 Å². The van der Waals surface area contributed by atoms with Gasteiger partial charge >= 0.3 is 0 Å². The molecule has 0 bridgehead atoms. The third-order valence-corrected chi connectivity index (χ3v) is 4.21. The molecule has 0 atom stereocenters. The molecule has 0 unspecified atom stereocenters. The van der Waals surface area contributed by atoms with E-state index in [9.17, 15) is 4.79 Å². The number of nitrogens with one attached hydrogen (secondary N) is 1. The van der Waals surface area contributed by atoms with Crippen molar-refractivity contribution in [3.63, 3.8) is 0 Å². The molecule has 2 nitrogen and oxygen atoms in total. The van der Waals surface area contributed by atoms with Crippen molar-refractivity contribution in [2.24, 2.45) is 0 Å². The van der Waals surface area contributed by atoms with Crippen LogP contribution < -0.4 is 5.32 Å². The number of carbonyl (C=O) groups is 1. The van der Waals surface area contributed by atoms with Gasteiger partial charge in [-0.3, -0.25) is 4.79 Å². The standard InChI is InChI=1S/C14H24Cl3NO/c15-14(16,17)13(19)18-12-10-8-6-4-2-1-3-5-7-9-11-12/h12H,1-11H2,(H,18,19). The number of halogens is 3. The van der Waals surface area contributed by atoms with E-state index in [0.717, 1.165) is 25.7 Å². The first-order chi connectivity index (χ1) is 9.00. The van der Waals surface area contributed by atoms with Gasteiger partial charge in [0.25, 0.3) is 9.70 Å². The fourth-order valence-electron chi connectivity index (χ4n) is 2.57. The van der Waals surface area contributed by atoms with Crippen LogP contribution in [0, 0.1) is 0 Å². The van der Waals surface area contributed by atoms with Crippen LogP contribution in [0.4, 0.5) is 0 Å². The first-order valence-corrected chi connectivity index (χ1v) is 8.51. The van der Waals surface area contributed by atoms with Crippen molar-refractivity contribution >= 4 is 40.7 Å². The second-order valence-corrected chi connectivity index (χ2v) is 7.71. The lowest BCUT2D eigenvalue weighted by Crippen LogP contribution is -2.41. The minimum absolute atomic E-state index is 0.155. The molecule has 0 aliphatic heterocycles. The van der Waals surface area contributed by atoms with Crippen LogP contribution in [-0.2, 0) is 4.79 Å². The summed E-state index contributed by atoms with van der Waals surface area (Å²) in [7, 11) is 0. The number of rotatable bonds is 1. The van der Waals surface area contributed by atoms with E-state index >= 15 is 0 Å². The van der Waals surface area contributed by atoms with Gasteiger partial charge in [-0.15, -0.1) is 0 Å². The lowest BCUT2D eigenvalue weighted by molar-refractivity contribution is -0.121. The predicted molar refractivity (Wildman–Crippen MR) is 83.0 cm³/mol. The first-order valence-electron chi connectivity index (χ1n) is 7.38. The van der Waals surface area contributed by atoms with Crippen LogP contribution in [0.15, 0.2) is 0 Å². The van der Waals surface area contributed by atoms with E-state index in [1.165, 1.54) is 44.9 Å². The van der Waals surface area contributed by atoms with Crippen molar-refractivity contribution in [2.45, 2.75) is 80.5 Å². The van der Waals surface area contributed by atoms with Crippen LogP contribution in [0.2, 0.25) is 0 Å². The van der Waals surface area contributed by atoms with Gasteiger partial charge in [-0.1, -0.05) is 92.6 Å². The highest BCUT2D eigenvalue weighted by molar-refractivity contribution is 6.76. The van der Waals surface area contributed by atoms with Crippen molar-refractivity contribution in [3.8, 4) is 0 Å². The van der Waals surface area contributed by atoms with Gasteiger partial charge < -0.3 is 5.32 Å². The fourth-order valence-corrected chi connectivity index (χ4v) is 2.74. The van der Waals surface area contributed by atoms with Gasteiger partial charge in [-0.05, 0) is 12.8 Å². The maximum Gasteiger partial charge on any atom is 0.272 e. The molecule has 0 aromatic rings. The summed E-state index contributed by atoms with van der Waals surface area (Å²) < 4.78 is -1.84. The van der Waals surface area contributed by atoms with Crippen molar-refractivity contribution < 1.29 is 4.79 Å². The molecule has 1 N–H and O–H groups in total. The maximum absolute atomic E-state index is 11.7. The molecule has 0 heterocycles. The topological polar surface area (TPSA) is 29.1 Å². The molecule has 0 aromatic carbocycles. The summed E-state index contributed by atoms with van der Waals surface area (Å²) in [5.74, 6) is -0.491. The van der Waals surface area contributed by atoms with Crippen LogP contribution >= 0.6 is 34.8 Å².